The van der Waals surface area contributed by atoms with E-state index in [0.717, 1.165) is 19.3 Å². The monoisotopic (exact) mass is 165 g/mol. The zero-order valence-electron chi connectivity index (χ0n) is 6.55. The minimum atomic E-state index is -2.95. The van der Waals surface area contributed by atoms with Gasteiger partial charge in [-0.1, -0.05) is 19.8 Å². The molecule has 0 aliphatic carbocycles. The Labute approximate surface area is 62.9 Å². The van der Waals surface area contributed by atoms with E-state index in [1.807, 2.05) is 0 Å². The van der Waals surface area contributed by atoms with Gasteiger partial charge in [0.1, 0.15) is 0 Å². The summed E-state index contributed by atoms with van der Waals surface area (Å²) in [5.41, 5.74) is 0. The second-order valence-corrected chi connectivity index (χ2v) is 4.21. The molecule has 0 atom stereocenters. The van der Waals surface area contributed by atoms with Gasteiger partial charge >= 0.3 is 0 Å². The van der Waals surface area contributed by atoms with Gasteiger partial charge in [-0.3, -0.25) is 0 Å². The van der Waals surface area contributed by atoms with Crippen molar-refractivity contribution in [3.8, 4) is 0 Å². The van der Waals surface area contributed by atoms with Crippen LogP contribution in [0.15, 0.2) is 0 Å². The van der Waals surface area contributed by atoms with Crippen molar-refractivity contribution in [1.82, 2.24) is 4.72 Å². The molecule has 0 aromatic rings. The molecule has 10 heavy (non-hydrogen) atoms. The molecule has 0 aliphatic rings. The van der Waals surface area contributed by atoms with E-state index in [4.69, 9.17) is 0 Å². The highest BCUT2D eigenvalue weighted by molar-refractivity contribution is 7.88. The largest absolute Gasteiger partial charge is 0.215 e. The number of sulfonamides is 1. The first-order chi connectivity index (χ1) is 4.56. The molecule has 0 unspecified atom stereocenters. The summed E-state index contributed by atoms with van der Waals surface area (Å²) in [6.07, 6.45) is 4.32. The van der Waals surface area contributed by atoms with Gasteiger partial charge < -0.3 is 0 Å². The lowest BCUT2D eigenvalue weighted by molar-refractivity contribution is 0.582. The minimum Gasteiger partial charge on any atom is -0.215 e. The fourth-order valence-corrected chi connectivity index (χ4v) is 1.15. The standard InChI is InChI=1S/C6H15NO2S/c1-3-4-5-6-7-10(2,8)9/h7H,3-6H2,1-2H3. The van der Waals surface area contributed by atoms with Crippen LogP contribution in [0, 0.1) is 0 Å². The Morgan fingerprint density at radius 2 is 1.90 bits per heavy atom. The summed E-state index contributed by atoms with van der Waals surface area (Å²) < 4.78 is 23.4. The van der Waals surface area contributed by atoms with Crippen LogP contribution < -0.4 is 4.72 Å². The van der Waals surface area contributed by atoms with Crippen LogP contribution in [0.1, 0.15) is 26.2 Å². The summed E-state index contributed by atoms with van der Waals surface area (Å²) in [7, 11) is -2.95. The molecule has 0 saturated heterocycles. The Morgan fingerprint density at radius 1 is 1.30 bits per heavy atom. The Bertz CT molecular complexity index is 163. The van der Waals surface area contributed by atoms with Gasteiger partial charge in [0.25, 0.3) is 0 Å². The zero-order valence-corrected chi connectivity index (χ0v) is 7.37. The van der Waals surface area contributed by atoms with Crippen LogP contribution in [-0.4, -0.2) is 21.2 Å². The topological polar surface area (TPSA) is 46.2 Å². The molecular weight excluding hydrogens is 150 g/mol. The zero-order chi connectivity index (χ0) is 8.04. The molecule has 0 spiro atoms. The molecule has 0 fully saturated rings. The number of unbranched alkanes of at least 4 members (excludes halogenated alkanes) is 2. The summed E-state index contributed by atoms with van der Waals surface area (Å²) in [6.45, 7) is 2.66. The van der Waals surface area contributed by atoms with Gasteiger partial charge in [0, 0.05) is 6.54 Å². The predicted octanol–water partition coefficient (Wildman–Crippen LogP) is 0.726. The maximum absolute atomic E-state index is 10.5. The Balaban J connectivity index is 3.21. The first-order valence-corrected chi connectivity index (χ1v) is 5.40. The number of hydrogen-bond donors (Lipinski definition) is 1. The van der Waals surface area contributed by atoms with Crippen LogP contribution in [0.2, 0.25) is 0 Å². The van der Waals surface area contributed by atoms with Gasteiger partial charge in [-0.2, -0.15) is 0 Å². The summed E-state index contributed by atoms with van der Waals surface area (Å²) in [5.74, 6) is 0. The van der Waals surface area contributed by atoms with E-state index >= 15 is 0 Å². The second-order valence-electron chi connectivity index (χ2n) is 2.37. The average molecular weight is 165 g/mol. The fraction of sp³-hybridized carbons (Fsp3) is 1.00. The lowest BCUT2D eigenvalue weighted by atomic mass is 10.3. The van der Waals surface area contributed by atoms with E-state index in [0.29, 0.717) is 6.54 Å². The second kappa shape index (κ2) is 4.68. The highest BCUT2D eigenvalue weighted by Gasteiger charge is 1.96. The molecule has 0 rings (SSSR count). The number of rotatable bonds is 5. The molecule has 0 heterocycles. The highest BCUT2D eigenvalue weighted by atomic mass is 32.2. The van der Waals surface area contributed by atoms with Crippen molar-refractivity contribution in [3.05, 3.63) is 0 Å². The van der Waals surface area contributed by atoms with Gasteiger partial charge in [-0.25, -0.2) is 13.1 Å². The van der Waals surface area contributed by atoms with E-state index < -0.39 is 10.0 Å². The van der Waals surface area contributed by atoms with Crippen molar-refractivity contribution < 1.29 is 8.42 Å². The van der Waals surface area contributed by atoms with Gasteiger partial charge in [-0.05, 0) is 6.42 Å². The lowest BCUT2D eigenvalue weighted by Gasteiger charge is -1.99. The highest BCUT2D eigenvalue weighted by Crippen LogP contribution is 1.91. The molecule has 0 amide bonds. The number of hydrogen-bond acceptors (Lipinski definition) is 2. The third kappa shape index (κ3) is 7.91. The minimum absolute atomic E-state index is 0.576. The van der Waals surface area contributed by atoms with Gasteiger partial charge in [-0.15, -0.1) is 0 Å². The molecule has 0 bridgehead atoms. The Morgan fingerprint density at radius 3 is 2.30 bits per heavy atom. The van der Waals surface area contributed by atoms with Crippen LogP contribution in [0.25, 0.3) is 0 Å². The first kappa shape index (κ1) is 9.91. The molecule has 3 nitrogen and oxygen atoms in total. The SMILES string of the molecule is CCCCCNS(C)(=O)=O. The Kier molecular flexibility index (Phi) is 4.64. The van der Waals surface area contributed by atoms with Crippen molar-refractivity contribution in [2.75, 3.05) is 12.8 Å². The van der Waals surface area contributed by atoms with Crippen LogP contribution >= 0.6 is 0 Å². The van der Waals surface area contributed by atoms with E-state index in [9.17, 15) is 8.42 Å². The van der Waals surface area contributed by atoms with E-state index in [1.54, 1.807) is 0 Å². The van der Waals surface area contributed by atoms with E-state index in [-0.39, 0.29) is 0 Å². The number of nitrogens with one attached hydrogen (secondary N) is 1. The van der Waals surface area contributed by atoms with E-state index in [2.05, 4.69) is 11.6 Å². The molecule has 0 radical (unpaired) electrons. The quantitative estimate of drug-likeness (QED) is 0.610. The van der Waals surface area contributed by atoms with Gasteiger partial charge in [0.2, 0.25) is 10.0 Å². The summed E-state index contributed by atoms with van der Waals surface area (Å²) in [6, 6.07) is 0. The molecule has 0 aromatic carbocycles. The maximum atomic E-state index is 10.5. The summed E-state index contributed by atoms with van der Waals surface area (Å²) in [4.78, 5) is 0. The van der Waals surface area contributed by atoms with Crippen LogP contribution in [0.4, 0.5) is 0 Å². The van der Waals surface area contributed by atoms with Crippen molar-refractivity contribution in [1.29, 1.82) is 0 Å². The van der Waals surface area contributed by atoms with Crippen LogP contribution in [0.3, 0.4) is 0 Å². The average Bonchev–Trinajstić information content (AvgIpc) is 1.78. The van der Waals surface area contributed by atoms with Crippen LogP contribution in [-0.2, 0) is 10.0 Å². The molecule has 62 valence electrons. The Hall–Kier alpha value is -0.0900. The lowest BCUT2D eigenvalue weighted by Crippen LogP contribution is -2.22. The van der Waals surface area contributed by atoms with Crippen molar-refractivity contribution in [2.24, 2.45) is 0 Å². The van der Waals surface area contributed by atoms with E-state index in [1.165, 1.54) is 6.26 Å². The van der Waals surface area contributed by atoms with Gasteiger partial charge in [0.15, 0.2) is 0 Å². The van der Waals surface area contributed by atoms with Crippen molar-refractivity contribution in [3.63, 3.8) is 0 Å². The normalized spacial score (nSPS) is 11.8. The molecule has 0 saturated carbocycles. The van der Waals surface area contributed by atoms with Crippen molar-refractivity contribution >= 4 is 10.0 Å². The van der Waals surface area contributed by atoms with Gasteiger partial charge in [0.05, 0.1) is 6.26 Å². The molecule has 1 N–H and O–H groups in total. The third-order valence-electron chi connectivity index (χ3n) is 1.14. The predicted molar refractivity (Wildman–Crippen MR) is 42.4 cm³/mol. The van der Waals surface area contributed by atoms with Crippen LogP contribution in [0.5, 0.6) is 0 Å². The smallest absolute Gasteiger partial charge is 0.208 e. The molecule has 0 aromatic heterocycles. The summed E-state index contributed by atoms with van der Waals surface area (Å²) >= 11 is 0. The third-order valence-corrected chi connectivity index (χ3v) is 1.87. The molecule has 4 heteroatoms. The van der Waals surface area contributed by atoms with Crippen molar-refractivity contribution in [2.45, 2.75) is 26.2 Å². The maximum Gasteiger partial charge on any atom is 0.208 e. The molecular formula is C6H15NO2S. The fourth-order valence-electron chi connectivity index (χ4n) is 0.633. The summed E-state index contributed by atoms with van der Waals surface area (Å²) in [5, 5.41) is 0. The first-order valence-electron chi connectivity index (χ1n) is 3.51. The molecule has 0 aliphatic heterocycles.